The van der Waals surface area contributed by atoms with Crippen LogP contribution in [0, 0.1) is 0 Å². The zero-order chi connectivity index (χ0) is 15.9. The lowest BCUT2D eigenvalue weighted by atomic mass is 10.00. The molecule has 0 aliphatic carbocycles. The molecule has 2 aliphatic rings. The van der Waals surface area contributed by atoms with Gasteiger partial charge in [0.15, 0.2) is 5.96 Å². The normalized spacial score (nSPS) is 22.1. The van der Waals surface area contributed by atoms with Crippen molar-refractivity contribution in [1.82, 2.24) is 10.2 Å². The Labute approximate surface area is 139 Å². The van der Waals surface area contributed by atoms with Crippen LogP contribution in [0.5, 0.6) is 0 Å². The molecule has 1 atom stereocenters. The third-order valence-electron chi connectivity index (χ3n) is 4.46. The molecule has 1 aromatic rings. The van der Waals surface area contributed by atoms with Crippen molar-refractivity contribution in [3.05, 3.63) is 42.0 Å². The minimum Gasteiger partial charge on any atom is -0.376 e. The maximum atomic E-state index is 5.68. The molecule has 3 rings (SSSR count). The minimum atomic E-state index is 0.309. The molecule has 1 unspecified atom stereocenters. The van der Waals surface area contributed by atoms with Gasteiger partial charge in [-0.25, -0.2) is 0 Å². The summed E-state index contributed by atoms with van der Waals surface area (Å²) in [4.78, 5) is 7.13. The van der Waals surface area contributed by atoms with E-state index in [1.807, 2.05) is 0 Å². The summed E-state index contributed by atoms with van der Waals surface area (Å²) in [7, 11) is 0. The van der Waals surface area contributed by atoms with Crippen LogP contribution in [-0.4, -0.2) is 49.7 Å². The fourth-order valence-electron chi connectivity index (χ4n) is 3.18. The molecule has 124 valence electrons. The lowest BCUT2D eigenvalue weighted by Gasteiger charge is -2.30. The van der Waals surface area contributed by atoms with Gasteiger partial charge in [-0.1, -0.05) is 36.4 Å². The van der Waals surface area contributed by atoms with Gasteiger partial charge in [0, 0.05) is 26.2 Å². The van der Waals surface area contributed by atoms with Crippen LogP contribution in [0.3, 0.4) is 0 Å². The van der Waals surface area contributed by atoms with Crippen LogP contribution in [-0.2, 0) is 4.74 Å². The van der Waals surface area contributed by atoms with Gasteiger partial charge < -0.3 is 15.0 Å². The van der Waals surface area contributed by atoms with Crippen molar-refractivity contribution in [2.45, 2.75) is 32.3 Å². The third kappa shape index (κ3) is 4.35. The molecule has 0 aromatic heterocycles. The molecule has 1 saturated heterocycles. The van der Waals surface area contributed by atoms with E-state index in [0.29, 0.717) is 6.10 Å². The van der Waals surface area contributed by atoms with Crippen LogP contribution >= 0.6 is 0 Å². The van der Waals surface area contributed by atoms with Crippen molar-refractivity contribution >= 4 is 11.5 Å². The molecule has 1 fully saturated rings. The molecular formula is C19H27N3O. The quantitative estimate of drug-likeness (QED) is 0.686. The van der Waals surface area contributed by atoms with Crippen LogP contribution in [0.25, 0.3) is 5.57 Å². The van der Waals surface area contributed by atoms with Gasteiger partial charge in [0.1, 0.15) is 0 Å². The Balaban J connectivity index is 1.62. The van der Waals surface area contributed by atoms with Crippen molar-refractivity contribution in [3.8, 4) is 0 Å². The fraction of sp³-hybridized carbons (Fsp3) is 0.526. The summed E-state index contributed by atoms with van der Waals surface area (Å²) in [5, 5.41) is 3.42. The number of aliphatic imine (C=N–C) groups is 1. The third-order valence-corrected chi connectivity index (χ3v) is 4.46. The van der Waals surface area contributed by atoms with Gasteiger partial charge in [0.05, 0.1) is 12.6 Å². The summed E-state index contributed by atoms with van der Waals surface area (Å²) in [5.41, 5.74) is 2.78. The average Bonchev–Trinajstić information content (AvgIpc) is 3.13. The SMILES string of the molecule is CCNC(=NCC1CCCO1)N1CC=C(c2ccccc2)CC1. The van der Waals surface area contributed by atoms with Gasteiger partial charge in [-0.05, 0) is 37.3 Å². The van der Waals surface area contributed by atoms with E-state index in [-0.39, 0.29) is 0 Å². The molecule has 0 spiro atoms. The van der Waals surface area contributed by atoms with Gasteiger partial charge in [0.2, 0.25) is 0 Å². The Bertz CT molecular complexity index is 547. The zero-order valence-electron chi connectivity index (χ0n) is 14.0. The molecule has 0 amide bonds. The first-order chi connectivity index (χ1) is 11.4. The molecule has 23 heavy (non-hydrogen) atoms. The second-order valence-corrected chi connectivity index (χ2v) is 6.12. The monoisotopic (exact) mass is 313 g/mol. The van der Waals surface area contributed by atoms with Crippen LogP contribution in [0.2, 0.25) is 0 Å². The maximum Gasteiger partial charge on any atom is 0.194 e. The second kappa shape index (κ2) is 8.16. The maximum absolute atomic E-state index is 5.68. The van der Waals surface area contributed by atoms with E-state index in [1.165, 1.54) is 17.6 Å². The Morgan fingerprint density at radius 1 is 1.35 bits per heavy atom. The zero-order valence-corrected chi connectivity index (χ0v) is 14.0. The number of benzene rings is 1. The van der Waals surface area contributed by atoms with E-state index in [2.05, 4.69) is 53.5 Å². The molecule has 4 nitrogen and oxygen atoms in total. The van der Waals surface area contributed by atoms with Crippen LogP contribution < -0.4 is 5.32 Å². The summed E-state index contributed by atoms with van der Waals surface area (Å²) < 4.78 is 5.68. The Morgan fingerprint density at radius 2 is 2.22 bits per heavy atom. The van der Waals surface area contributed by atoms with Crippen molar-refractivity contribution in [2.24, 2.45) is 4.99 Å². The summed E-state index contributed by atoms with van der Waals surface area (Å²) in [6, 6.07) is 10.7. The van der Waals surface area contributed by atoms with Crippen LogP contribution in [0.1, 0.15) is 31.7 Å². The standard InChI is InChI=1S/C19H27N3O/c1-2-20-19(21-15-18-9-6-14-23-18)22-12-10-17(11-13-22)16-7-4-3-5-8-16/h3-5,7-8,10,18H,2,6,9,11-15H2,1H3,(H,20,21). The number of rotatable bonds is 4. The second-order valence-electron chi connectivity index (χ2n) is 6.12. The van der Waals surface area contributed by atoms with Crippen molar-refractivity contribution in [2.75, 3.05) is 32.8 Å². The topological polar surface area (TPSA) is 36.9 Å². The number of nitrogens with zero attached hydrogens (tertiary/aromatic N) is 2. The number of ether oxygens (including phenoxy) is 1. The van der Waals surface area contributed by atoms with Gasteiger partial charge in [-0.2, -0.15) is 0 Å². The first-order valence-corrected chi connectivity index (χ1v) is 8.76. The van der Waals surface area contributed by atoms with Crippen molar-refractivity contribution < 1.29 is 4.74 Å². The summed E-state index contributed by atoms with van der Waals surface area (Å²) in [6.45, 7) is 6.62. The number of guanidine groups is 1. The van der Waals surface area contributed by atoms with E-state index in [0.717, 1.165) is 51.6 Å². The Kier molecular flexibility index (Phi) is 5.70. The molecule has 4 heteroatoms. The number of nitrogens with one attached hydrogen (secondary N) is 1. The molecule has 0 bridgehead atoms. The van der Waals surface area contributed by atoms with Gasteiger partial charge in [-0.15, -0.1) is 0 Å². The highest BCUT2D eigenvalue weighted by Gasteiger charge is 2.18. The number of hydrogen-bond donors (Lipinski definition) is 1. The summed E-state index contributed by atoms with van der Waals surface area (Å²) in [5.74, 6) is 1.02. The van der Waals surface area contributed by atoms with E-state index in [1.54, 1.807) is 0 Å². The Morgan fingerprint density at radius 3 is 2.87 bits per heavy atom. The van der Waals surface area contributed by atoms with Gasteiger partial charge >= 0.3 is 0 Å². The highest BCUT2D eigenvalue weighted by atomic mass is 16.5. The van der Waals surface area contributed by atoms with E-state index in [4.69, 9.17) is 9.73 Å². The average molecular weight is 313 g/mol. The molecule has 2 heterocycles. The molecule has 1 N–H and O–H groups in total. The van der Waals surface area contributed by atoms with Crippen LogP contribution in [0.4, 0.5) is 0 Å². The molecule has 0 radical (unpaired) electrons. The fourth-order valence-corrected chi connectivity index (χ4v) is 3.18. The minimum absolute atomic E-state index is 0.309. The number of hydrogen-bond acceptors (Lipinski definition) is 2. The lowest BCUT2D eigenvalue weighted by Crippen LogP contribution is -2.43. The highest BCUT2D eigenvalue weighted by molar-refractivity contribution is 5.81. The predicted octanol–water partition coefficient (Wildman–Crippen LogP) is 2.92. The summed E-state index contributed by atoms with van der Waals surface area (Å²) >= 11 is 0. The first-order valence-electron chi connectivity index (χ1n) is 8.76. The van der Waals surface area contributed by atoms with E-state index >= 15 is 0 Å². The largest absolute Gasteiger partial charge is 0.376 e. The molecule has 2 aliphatic heterocycles. The highest BCUT2D eigenvalue weighted by Crippen LogP contribution is 2.22. The van der Waals surface area contributed by atoms with Crippen molar-refractivity contribution in [1.29, 1.82) is 0 Å². The van der Waals surface area contributed by atoms with E-state index in [9.17, 15) is 0 Å². The molecular weight excluding hydrogens is 286 g/mol. The summed E-state index contributed by atoms with van der Waals surface area (Å²) in [6.07, 6.45) is 6.01. The first kappa shape index (κ1) is 16.1. The Hall–Kier alpha value is -1.81. The lowest BCUT2D eigenvalue weighted by molar-refractivity contribution is 0.117. The smallest absolute Gasteiger partial charge is 0.194 e. The predicted molar refractivity (Wildman–Crippen MR) is 95.6 cm³/mol. The van der Waals surface area contributed by atoms with Gasteiger partial charge in [-0.3, -0.25) is 4.99 Å². The van der Waals surface area contributed by atoms with E-state index < -0.39 is 0 Å². The molecule has 1 aromatic carbocycles. The van der Waals surface area contributed by atoms with Crippen molar-refractivity contribution in [3.63, 3.8) is 0 Å². The van der Waals surface area contributed by atoms with Crippen LogP contribution in [0.15, 0.2) is 41.4 Å². The molecule has 0 saturated carbocycles. The van der Waals surface area contributed by atoms with Gasteiger partial charge in [0.25, 0.3) is 0 Å².